The van der Waals surface area contributed by atoms with Gasteiger partial charge in [0.2, 0.25) is 5.91 Å². The van der Waals surface area contributed by atoms with Crippen molar-refractivity contribution in [3.63, 3.8) is 0 Å². The zero-order valence-electron chi connectivity index (χ0n) is 14.0. The molecule has 23 heavy (non-hydrogen) atoms. The van der Waals surface area contributed by atoms with Crippen molar-refractivity contribution in [2.75, 3.05) is 19.6 Å². The molecular weight excluding hydrogens is 286 g/mol. The van der Waals surface area contributed by atoms with Crippen LogP contribution in [0.2, 0.25) is 0 Å². The Morgan fingerprint density at radius 2 is 2.00 bits per heavy atom. The van der Waals surface area contributed by atoms with Gasteiger partial charge in [-0.05, 0) is 56.3 Å². The fourth-order valence-corrected chi connectivity index (χ4v) is 4.04. The van der Waals surface area contributed by atoms with Crippen molar-refractivity contribution in [1.82, 2.24) is 15.2 Å². The zero-order valence-corrected chi connectivity index (χ0v) is 14.0. The molecule has 126 valence electrons. The summed E-state index contributed by atoms with van der Waals surface area (Å²) in [4.78, 5) is 19.1. The molecule has 1 aliphatic heterocycles. The molecule has 4 nitrogen and oxygen atoms in total. The first kappa shape index (κ1) is 16.4. The number of carbonyl (C=O) groups excluding carboxylic acids is 1. The number of hydrogen-bond donors (Lipinski definition) is 1. The van der Waals surface area contributed by atoms with Crippen LogP contribution in [0.25, 0.3) is 0 Å². The van der Waals surface area contributed by atoms with E-state index >= 15 is 0 Å². The van der Waals surface area contributed by atoms with E-state index in [1.807, 2.05) is 12.1 Å². The maximum absolute atomic E-state index is 12.4. The minimum absolute atomic E-state index is 0.147. The highest BCUT2D eigenvalue weighted by Crippen LogP contribution is 2.26. The molecule has 2 aliphatic rings. The predicted octanol–water partition coefficient (Wildman–Crippen LogP) is 2.79. The Balaban J connectivity index is 1.52. The van der Waals surface area contributed by atoms with Crippen molar-refractivity contribution in [2.45, 2.75) is 57.4 Å². The second-order valence-corrected chi connectivity index (χ2v) is 7.12. The summed E-state index contributed by atoms with van der Waals surface area (Å²) in [5, 5.41) is 3.31. The Kier molecular flexibility index (Phi) is 6.03. The number of pyridine rings is 1. The minimum Gasteiger partial charge on any atom is -0.353 e. The summed E-state index contributed by atoms with van der Waals surface area (Å²) in [6.07, 6.45) is 13.0. The number of nitrogens with one attached hydrogen (secondary N) is 1. The quantitative estimate of drug-likeness (QED) is 0.909. The molecule has 1 saturated carbocycles. The molecule has 3 rings (SSSR count). The van der Waals surface area contributed by atoms with Crippen molar-refractivity contribution in [1.29, 1.82) is 0 Å². The highest BCUT2D eigenvalue weighted by Gasteiger charge is 2.28. The molecule has 0 spiro atoms. The molecule has 2 heterocycles. The van der Waals surface area contributed by atoms with Gasteiger partial charge < -0.3 is 10.2 Å². The summed E-state index contributed by atoms with van der Waals surface area (Å²) in [5.74, 6) is 0.772. The maximum atomic E-state index is 12.4. The first-order valence-corrected chi connectivity index (χ1v) is 9.22. The highest BCUT2D eigenvalue weighted by molar-refractivity contribution is 5.78. The van der Waals surface area contributed by atoms with Gasteiger partial charge in [-0.1, -0.05) is 25.3 Å². The smallest absolute Gasteiger partial charge is 0.224 e. The fraction of sp³-hybridized carbons (Fsp3) is 0.684. The van der Waals surface area contributed by atoms with Crippen LogP contribution >= 0.6 is 0 Å². The largest absolute Gasteiger partial charge is 0.353 e. The third kappa shape index (κ3) is 5.03. The molecular formula is C19H29N3O. The number of rotatable bonds is 5. The van der Waals surface area contributed by atoms with Gasteiger partial charge in [-0.2, -0.15) is 0 Å². The van der Waals surface area contributed by atoms with Gasteiger partial charge in [0.25, 0.3) is 0 Å². The second-order valence-electron chi connectivity index (χ2n) is 7.12. The molecule has 0 aromatic carbocycles. The molecule has 4 heteroatoms. The summed E-state index contributed by atoms with van der Waals surface area (Å²) in [6, 6.07) is 4.22. The number of amides is 1. The van der Waals surface area contributed by atoms with Crippen LogP contribution in [-0.2, 0) is 11.2 Å². The fourth-order valence-electron chi connectivity index (χ4n) is 4.04. The van der Waals surface area contributed by atoms with E-state index in [1.54, 1.807) is 12.4 Å². The van der Waals surface area contributed by atoms with Gasteiger partial charge in [0.05, 0.1) is 6.42 Å². The van der Waals surface area contributed by atoms with Crippen LogP contribution in [-0.4, -0.2) is 41.5 Å². The molecule has 2 atom stereocenters. The van der Waals surface area contributed by atoms with Crippen LogP contribution < -0.4 is 5.32 Å². The number of piperidine rings is 1. The normalized spacial score (nSPS) is 25.9. The van der Waals surface area contributed by atoms with Gasteiger partial charge in [-0.25, -0.2) is 0 Å². The highest BCUT2D eigenvalue weighted by atomic mass is 16.1. The Morgan fingerprint density at radius 1 is 1.17 bits per heavy atom. The van der Waals surface area contributed by atoms with E-state index in [0.29, 0.717) is 18.4 Å². The Hall–Kier alpha value is -1.42. The number of hydrogen-bond acceptors (Lipinski definition) is 3. The van der Waals surface area contributed by atoms with E-state index in [0.717, 1.165) is 18.5 Å². The van der Waals surface area contributed by atoms with Crippen molar-refractivity contribution >= 4 is 5.91 Å². The van der Waals surface area contributed by atoms with Gasteiger partial charge in [-0.3, -0.25) is 9.78 Å². The molecule has 1 aromatic heterocycles. The van der Waals surface area contributed by atoms with E-state index in [9.17, 15) is 4.79 Å². The SMILES string of the molecule is O=C(Cc1cccnc1)NC1CCCC[C@H]1CN1CCCCC1. The average molecular weight is 315 g/mol. The van der Waals surface area contributed by atoms with Gasteiger partial charge in [0.15, 0.2) is 0 Å². The summed E-state index contributed by atoms with van der Waals surface area (Å²) in [5.41, 5.74) is 0.994. The first-order valence-electron chi connectivity index (χ1n) is 9.22. The minimum atomic E-state index is 0.147. The lowest BCUT2D eigenvalue weighted by Gasteiger charge is -2.37. The molecule has 0 bridgehead atoms. The molecule has 1 N–H and O–H groups in total. The summed E-state index contributed by atoms with van der Waals surface area (Å²) in [7, 11) is 0. The van der Waals surface area contributed by atoms with Crippen molar-refractivity contribution in [3.05, 3.63) is 30.1 Å². The number of likely N-dealkylation sites (tertiary alicyclic amines) is 1. The molecule has 1 saturated heterocycles. The van der Waals surface area contributed by atoms with Crippen LogP contribution in [0.3, 0.4) is 0 Å². The lowest BCUT2D eigenvalue weighted by atomic mass is 9.83. The topological polar surface area (TPSA) is 45.2 Å². The predicted molar refractivity (Wildman–Crippen MR) is 92.1 cm³/mol. The number of aromatic nitrogens is 1. The first-order chi connectivity index (χ1) is 11.3. The van der Waals surface area contributed by atoms with Crippen LogP contribution in [0.5, 0.6) is 0 Å². The van der Waals surface area contributed by atoms with Gasteiger partial charge >= 0.3 is 0 Å². The van der Waals surface area contributed by atoms with Crippen molar-refractivity contribution in [3.8, 4) is 0 Å². The molecule has 0 radical (unpaired) electrons. The molecule has 2 fully saturated rings. The lowest BCUT2D eigenvalue weighted by Crippen LogP contribution is -2.47. The molecule has 1 aliphatic carbocycles. The van der Waals surface area contributed by atoms with Crippen LogP contribution in [0.1, 0.15) is 50.5 Å². The zero-order chi connectivity index (χ0) is 15.9. The molecule has 1 unspecified atom stereocenters. The van der Waals surface area contributed by atoms with Gasteiger partial charge in [-0.15, -0.1) is 0 Å². The average Bonchev–Trinajstić information content (AvgIpc) is 2.58. The van der Waals surface area contributed by atoms with Crippen molar-refractivity contribution < 1.29 is 4.79 Å². The second kappa shape index (κ2) is 8.44. The number of carbonyl (C=O) groups is 1. The van der Waals surface area contributed by atoms with Crippen LogP contribution in [0, 0.1) is 5.92 Å². The van der Waals surface area contributed by atoms with E-state index in [4.69, 9.17) is 0 Å². The summed E-state index contributed by atoms with van der Waals surface area (Å²) in [6.45, 7) is 3.65. The van der Waals surface area contributed by atoms with Gasteiger partial charge in [0.1, 0.15) is 0 Å². The lowest BCUT2D eigenvalue weighted by molar-refractivity contribution is -0.121. The Labute approximate surface area is 139 Å². The van der Waals surface area contributed by atoms with E-state index in [-0.39, 0.29) is 5.91 Å². The Morgan fingerprint density at radius 3 is 2.78 bits per heavy atom. The third-order valence-electron chi connectivity index (χ3n) is 5.28. The van der Waals surface area contributed by atoms with Crippen LogP contribution in [0.4, 0.5) is 0 Å². The monoisotopic (exact) mass is 315 g/mol. The molecule has 1 amide bonds. The van der Waals surface area contributed by atoms with E-state index < -0.39 is 0 Å². The standard InChI is InChI=1S/C19H29N3O/c23-19(13-16-7-6-10-20-14-16)21-18-9-3-2-8-17(18)15-22-11-4-1-5-12-22/h6-7,10,14,17-18H,1-5,8-9,11-13,15H2,(H,21,23)/t17-,18?/m0/s1. The Bertz CT molecular complexity index is 485. The van der Waals surface area contributed by atoms with Crippen molar-refractivity contribution in [2.24, 2.45) is 5.92 Å². The maximum Gasteiger partial charge on any atom is 0.224 e. The summed E-state index contributed by atoms with van der Waals surface area (Å²) < 4.78 is 0. The van der Waals surface area contributed by atoms with E-state index in [1.165, 1.54) is 51.6 Å². The number of nitrogens with zero attached hydrogens (tertiary/aromatic N) is 2. The van der Waals surface area contributed by atoms with E-state index in [2.05, 4.69) is 15.2 Å². The third-order valence-corrected chi connectivity index (χ3v) is 5.28. The molecule has 1 aromatic rings. The summed E-state index contributed by atoms with van der Waals surface area (Å²) >= 11 is 0. The van der Waals surface area contributed by atoms with Gasteiger partial charge in [0, 0.05) is 25.0 Å². The van der Waals surface area contributed by atoms with Crippen LogP contribution in [0.15, 0.2) is 24.5 Å².